The van der Waals surface area contributed by atoms with Crippen LogP contribution in [-0.2, 0) is 6.54 Å². The molecule has 0 saturated carbocycles. The molecule has 0 bridgehead atoms. The summed E-state index contributed by atoms with van der Waals surface area (Å²) in [5.74, 6) is -0.379. The van der Waals surface area contributed by atoms with Crippen molar-refractivity contribution in [2.75, 3.05) is 0 Å². The van der Waals surface area contributed by atoms with Gasteiger partial charge in [0, 0.05) is 18.8 Å². The van der Waals surface area contributed by atoms with E-state index in [9.17, 15) is 4.39 Å². The molecule has 0 radical (unpaired) electrons. The molecule has 0 N–H and O–H groups in total. The Kier molecular flexibility index (Phi) is 5.27. The number of hydrogen-bond acceptors (Lipinski definition) is 1. The number of unbranched alkanes of at least 4 members (excludes halogenated alkanes) is 5. The highest BCUT2D eigenvalue weighted by Gasteiger charge is 1.96. The first-order valence-corrected chi connectivity index (χ1v) is 5.52. The number of aryl methyl sites for hydroxylation is 1. The van der Waals surface area contributed by atoms with E-state index in [1.54, 1.807) is 10.9 Å². The molecule has 1 aromatic heterocycles. The summed E-state index contributed by atoms with van der Waals surface area (Å²) in [4.78, 5) is 0. The Bertz CT molecular complexity index is 245. The van der Waals surface area contributed by atoms with Crippen molar-refractivity contribution in [2.45, 2.75) is 52.0 Å². The largest absolute Gasteiger partial charge is 0.270 e. The zero-order valence-corrected chi connectivity index (χ0v) is 8.88. The average molecular weight is 198 g/mol. The quantitative estimate of drug-likeness (QED) is 0.614. The number of nitrogens with zero attached hydrogens (tertiary/aromatic N) is 2. The lowest BCUT2D eigenvalue weighted by atomic mass is 10.1. The van der Waals surface area contributed by atoms with Gasteiger partial charge in [0.15, 0.2) is 0 Å². The van der Waals surface area contributed by atoms with Gasteiger partial charge >= 0.3 is 0 Å². The molecule has 0 aliphatic carbocycles. The minimum absolute atomic E-state index is 0.379. The Balaban J connectivity index is 1.99. The molecule has 0 fully saturated rings. The van der Waals surface area contributed by atoms with Gasteiger partial charge in [-0.25, -0.2) is 0 Å². The van der Waals surface area contributed by atoms with E-state index in [2.05, 4.69) is 12.0 Å². The highest BCUT2D eigenvalue weighted by Crippen LogP contribution is 2.06. The molecule has 0 aliphatic heterocycles. The van der Waals surface area contributed by atoms with Crippen LogP contribution < -0.4 is 0 Å². The lowest BCUT2D eigenvalue weighted by Crippen LogP contribution is -1.98. The van der Waals surface area contributed by atoms with Crippen LogP contribution in [0.2, 0.25) is 0 Å². The fraction of sp³-hybridized carbons (Fsp3) is 0.727. The Hall–Kier alpha value is -0.860. The monoisotopic (exact) mass is 198 g/mol. The number of rotatable bonds is 7. The van der Waals surface area contributed by atoms with Crippen LogP contribution >= 0.6 is 0 Å². The maximum atomic E-state index is 12.5. The number of hydrogen-bond donors (Lipinski definition) is 0. The standard InChI is InChI=1S/C11H19FN2/c1-2-3-4-5-6-7-9-14-10-8-11(12)13-14/h8,10H,2-7,9H2,1H3. The van der Waals surface area contributed by atoms with Gasteiger partial charge in [0.2, 0.25) is 5.95 Å². The smallest absolute Gasteiger partial charge is 0.232 e. The van der Waals surface area contributed by atoms with Crippen molar-refractivity contribution in [3.05, 3.63) is 18.2 Å². The van der Waals surface area contributed by atoms with Crippen LogP contribution in [-0.4, -0.2) is 9.78 Å². The Morgan fingerprint density at radius 3 is 2.57 bits per heavy atom. The second-order valence-corrected chi connectivity index (χ2v) is 3.67. The molecule has 14 heavy (non-hydrogen) atoms. The molecule has 0 spiro atoms. The first-order chi connectivity index (χ1) is 6.83. The van der Waals surface area contributed by atoms with Crippen molar-refractivity contribution in [2.24, 2.45) is 0 Å². The Morgan fingerprint density at radius 2 is 1.93 bits per heavy atom. The normalized spacial score (nSPS) is 10.7. The molecular weight excluding hydrogens is 179 g/mol. The zero-order chi connectivity index (χ0) is 10.2. The molecule has 0 aliphatic rings. The molecule has 0 saturated heterocycles. The number of aromatic nitrogens is 2. The summed E-state index contributed by atoms with van der Waals surface area (Å²) in [6.07, 6.45) is 9.25. The first-order valence-electron chi connectivity index (χ1n) is 5.52. The van der Waals surface area contributed by atoms with E-state index in [1.165, 1.54) is 38.2 Å². The van der Waals surface area contributed by atoms with Crippen LogP contribution in [0.25, 0.3) is 0 Å². The SMILES string of the molecule is CCCCCCCCn1ccc(F)n1. The van der Waals surface area contributed by atoms with Crippen molar-refractivity contribution in [3.63, 3.8) is 0 Å². The van der Waals surface area contributed by atoms with Crippen LogP contribution in [0.5, 0.6) is 0 Å². The van der Waals surface area contributed by atoms with E-state index in [-0.39, 0.29) is 5.95 Å². The maximum Gasteiger partial charge on any atom is 0.232 e. The van der Waals surface area contributed by atoms with Gasteiger partial charge < -0.3 is 0 Å². The van der Waals surface area contributed by atoms with Crippen LogP contribution in [0.1, 0.15) is 45.4 Å². The van der Waals surface area contributed by atoms with Crippen LogP contribution in [0.4, 0.5) is 4.39 Å². The second-order valence-electron chi connectivity index (χ2n) is 3.67. The molecule has 0 unspecified atom stereocenters. The fourth-order valence-corrected chi connectivity index (χ4v) is 1.52. The topological polar surface area (TPSA) is 17.8 Å². The summed E-state index contributed by atoms with van der Waals surface area (Å²) < 4.78 is 14.1. The summed E-state index contributed by atoms with van der Waals surface area (Å²) in [5.41, 5.74) is 0. The molecule has 0 amide bonds. The van der Waals surface area contributed by atoms with Gasteiger partial charge in [0.05, 0.1) is 0 Å². The van der Waals surface area contributed by atoms with E-state index < -0.39 is 0 Å². The fourth-order valence-electron chi connectivity index (χ4n) is 1.52. The van der Waals surface area contributed by atoms with Crippen LogP contribution in [0.15, 0.2) is 12.3 Å². The molecule has 3 heteroatoms. The molecule has 1 rings (SSSR count). The predicted molar refractivity (Wildman–Crippen MR) is 55.6 cm³/mol. The van der Waals surface area contributed by atoms with Gasteiger partial charge in [-0.2, -0.15) is 4.39 Å². The van der Waals surface area contributed by atoms with Crippen molar-refractivity contribution in [3.8, 4) is 0 Å². The summed E-state index contributed by atoms with van der Waals surface area (Å²) in [6.45, 7) is 3.06. The van der Waals surface area contributed by atoms with Crippen molar-refractivity contribution in [1.29, 1.82) is 0 Å². The molecule has 2 nitrogen and oxygen atoms in total. The number of halogens is 1. The van der Waals surface area contributed by atoms with E-state index in [4.69, 9.17) is 0 Å². The Labute approximate surface area is 85.1 Å². The lowest BCUT2D eigenvalue weighted by molar-refractivity contribution is 0.491. The van der Waals surface area contributed by atoms with Gasteiger partial charge in [0.25, 0.3) is 0 Å². The van der Waals surface area contributed by atoms with Gasteiger partial charge in [0.1, 0.15) is 0 Å². The first kappa shape index (κ1) is 11.2. The molecule has 1 aromatic rings. The van der Waals surface area contributed by atoms with Crippen molar-refractivity contribution >= 4 is 0 Å². The molecule has 80 valence electrons. The van der Waals surface area contributed by atoms with Gasteiger partial charge in [-0.1, -0.05) is 39.0 Å². The highest BCUT2D eigenvalue weighted by molar-refractivity contribution is 4.81. The van der Waals surface area contributed by atoms with Crippen LogP contribution in [0, 0.1) is 5.95 Å². The minimum atomic E-state index is -0.379. The third kappa shape index (κ3) is 4.40. The summed E-state index contributed by atoms with van der Waals surface area (Å²) in [7, 11) is 0. The highest BCUT2D eigenvalue weighted by atomic mass is 19.1. The zero-order valence-electron chi connectivity index (χ0n) is 8.88. The van der Waals surface area contributed by atoms with Gasteiger partial charge in [-0.15, -0.1) is 5.10 Å². The van der Waals surface area contributed by atoms with Gasteiger partial charge in [-0.3, -0.25) is 4.68 Å². The summed E-state index contributed by atoms with van der Waals surface area (Å²) >= 11 is 0. The molecular formula is C11H19FN2. The maximum absolute atomic E-state index is 12.5. The Morgan fingerprint density at radius 1 is 1.21 bits per heavy atom. The van der Waals surface area contributed by atoms with Crippen molar-refractivity contribution in [1.82, 2.24) is 9.78 Å². The summed E-state index contributed by atoms with van der Waals surface area (Å²) in [5, 5.41) is 3.69. The van der Waals surface area contributed by atoms with E-state index in [0.717, 1.165) is 13.0 Å². The van der Waals surface area contributed by atoms with Gasteiger partial charge in [-0.05, 0) is 6.42 Å². The third-order valence-electron chi connectivity index (χ3n) is 2.35. The molecule has 1 heterocycles. The lowest BCUT2D eigenvalue weighted by Gasteiger charge is -2.01. The van der Waals surface area contributed by atoms with Crippen molar-refractivity contribution < 1.29 is 4.39 Å². The van der Waals surface area contributed by atoms with E-state index in [0.29, 0.717) is 0 Å². The second kappa shape index (κ2) is 6.57. The molecule has 0 atom stereocenters. The summed E-state index contributed by atoms with van der Waals surface area (Å²) in [6, 6.07) is 1.40. The van der Waals surface area contributed by atoms with Crippen LogP contribution in [0.3, 0.4) is 0 Å². The minimum Gasteiger partial charge on any atom is -0.270 e. The average Bonchev–Trinajstić information content (AvgIpc) is 2.58. The third-order valence-corrected chi connectivity index (χ3v) is 2.35. The molecule has 0 aromatic carbocycles. The predicted octanol–water partition coefficient (Wildman–Crippen LogP) is 3.38. The van der Waals surface area contributed by atoms with E-state index in [1.807, 2.05) is 0 Å². The van der Waals surface area contributed by atoms with E-state index >= 15 is 0 Å².